The van der Waals surface area contributed by atoms with E-state index in [1.165, 1.54) is 13.0 Å². The van der Waals surface area contributed by atoms with E-state index in [-0.39, 0.29) is 5.92 Å². The fraction of sp³-hybridized carbons (Fsp3) is 0.385. The van der Waals surface area contributed by atoms with Crippen LogP contribution in [-0.2, 0) is 4.79 Å². The minimum atomic E-state index is -1.27. The smallest absolute Gasteiger partial charge is 0.329 e. The summed E-state index contributed by atoms with van der Waals surface area (Å²) in [6.07, 6.45) is 1.59. The van der Waals surface area contributed by atoms with Crippen LogP contribution in [0.25, 0.3) is 0 Å². The number of rotatable bonds is 4. The van der Waals surface area contributed by atoms with Gasteiger partial charge in [-0.1, -0.05) is 23.2 Å². The van der Waals surface area contributed by atoms with Gasteiger partial charge in [0.15, 0.2) is 0 Å². The zero-order valence-corrected chi connectivity index (χ0v) is 12.3. The van der Waals surface area contributed by atoms with Gasteiger partial charge in [-0.2, -0.15) is 0 Å². The van der Waals surface area contributed by atoms with Gasteiger partial charge in [0.1, 0.15) is 5.54 Å². The average Bonchev–Trinajstić information content (AvgIpc) is 3.17. The van der Waals surface area contributed by atoms with Crippen LogP contribution in [-0.4, -0.2) is 22.6 Å². The summed E-state index contributed by atoms with van der Waals surface area (Å²) in [5.41, 5.74) is -0.935. The number of hydrogen-bond acceptors (Lipinski definition) is 2. The molecule has 5 nitrogen and oxygen atoms in total. The van der Waals surface area contributed by atoms with Crippen LogP contribution in [0.15, 0.2) is 18.2 Å². The largest absolute Gasteiger partial charge is 0.480 e. The Morgan fingerprint density at radius 2 is 2.00 bits per heavy atom. The van der Waals surface area contributed by atoms with Gasteiger partial charge in [0.2, 0.25) is 0 Å². The van der Waals surface area contributed by atoms with Gasteiger partial charge in [-0.25, -0.2) is 9.59 Å². The molecule has 1 atom stereocenters. The summed E-state index contributed by atoms with van der Waals surface area (Å²) >= 11 is 11.8. The minimum absolute atomic E-state index is 0.0411. The van der Waals surface area contributed by atoms with Crippen LogP contribution in [0.5, 0.6) is 0 Å². The van der Waals surface area contributed by atoms with E-state index in [1.54, 1.807) is 12.1 Å². The topological polar surface area (TPSA) is 78.4 Å². The Labute approximate surface area is 126 Å². The van der Waals surface area contributed by atoms with E-state index in [0.29, 0.717) is 15.7 Å². The first-order chi connectivity index (χ1) is 9.33. The molecule has 7 heteroatoms. The number of hydrogen-bond donors (Lipinski definition) is 3. The number of carboxylic acid groups (broad SMARTS) is 1. The Morgan fingerprint density at radius 3 is 2.55 bits per heavy atom. The van der Waals surface area contributed by atoms with Crippen LogP contribution in [0, 0.1) is 5.92 Å². The van der Waals surface area contributed by atoms with Gasteiger partial charge in [0.05, 0.1) is 10.7 Å². The highest BCUT2D eigenvalue weighted by Gasteiger charge is 2.48. The molecule has 1 fully saturated rings. The quantitative estimate of drug-likeness (QED) is 0.796. The lowest BCUT2D eigenvalue weighted by Crippen LogP contribution is -2.55. The van der Waals surface area contributed by atoms with Gasteiger partial charge in [0.25, 0.3) is 0 Å². The Hall–Kier alpha value is -1.46. The number of nitrogens with one attached hydrogen (secondary N) is 2. The number of halogens is 2. The highest BCUT2D eigenvalue weighted by Crippen LogP contribution is 2.39. The van der Waals surface area contributed by atoms with Crippen LogP contribution < -0.4 is 10.6 Å². The highest BCUT2D eigenvalue weighted by atomic mass is 35.5. The van der Waals surface area contributed by atoms with Crippen molar-refractivity contribution in [1.82, 2.24) is 5.32 Å². The monoisotopic (exact) mass is 316 g/mol. The lowest BCUT2D eigenvalue weighted by molar-refractivity contribution is -0.144. The molecule has 0 saturated heterocycles. The SMILES string of the molecule is CC(NC(=O)Nc1cc(Cl)ccc1Cl)(C(=O)O)C1CC1. The summed E-state index contributed by atoms with van der Waals surface area (Å²) in [7, 11) is 0. The molecule has 1 aromatic carbocycles. The molecule has 1 aliphatic carbocycles. The zero-order chi connectivity index (χ0) is 14.9. The summed E-state index contributed by atoms with van der Waals surface area (Å²) in [4.78, 5) is 23.3. The number of carbonyl (C=O) groups excluding carboxylic acids is 1. The lowest BCUT2D eigenvalue weighted by Gasteiger charge is -2.26. The standard InChI is InChI=1S/C13H14Cl2N2O3/c1-13(11(18)19,7-2-3-7)17-12(20)16-10-6-8(14)4-5-9(10)15/h4-7H,2-3H2,1H3,(H,18,19)(H2,16,17,20). The maximum Gasteiger partial charge on any atom is 0.329 e. The second-order valence-electron chi connectivity index (χ2n) is 4.99. The molecule has 0 aliphatic heterocycles. The third kappa shape index (κ3) is 3.16. The predicted molar refractivity (Wildman–Crippen MR) is 77.4 cm³/mol. The number of urea groups is 1. The van der Waals surface area contributed by atoms with E-state index in [4.69, 9.17) is 23.2 Å². The fourth-order valence-electron chi connectivity index (χ4n) is 1.97. The summed E-state index contributed by atoms with van der Waals surface area (Å²) in [5, 5.41) is 15.0. The van der Waals surface area contributed by atoms with E-state index in [9.17, 15) is 14.7 Å². The molecule has 1 aromatic rings. The molecule has 2 rings (SSSR count). The molecule has 0 bridgehead atoms. The maximum atomic E-state index is 11.9. The maximum absolute atomic E-state index is 11.9. The van der Waals surface area contributed by atoms with E-state index in [0.717, 1.165) is 12.8 Å². The first-order valence-corrected chi connectivity index (χ1v) is 6.86. The molecule has 3 N–H and O–H groups in total. The molecular formula is C13H14Cl2N2O3. The Morgan fingerprint density at radius 1 is 1.35 bits per heavy atom. The molecule has 0 radical (unpaired) electrons. The van der Waals surface area contributed by atoms with Gasteiger partial charge in [-0.05, 0) is 43.9 Å². The van der Waals surface area contributed by atoms with Gasteiger partial charge in [-0.15, -0.1) is 0 Å². The summed E-state index contributed by atoms with van der Waals surface area (Å²) < 4.78 is 0. The van der Waals surface area contributed by atoms with Crippen LogP contribution in [0.2, 0.25) is 10.0 Å². The van der Waals surface area contributed by atoms with Crippen molar-refractivity contribution >= 4 is 40.9 Å². The van der Waals surface area contributed by atoms with E-state index in [2.05, 4.69) is 10.6 Å². The van der Waals surface area contributed by atoms with Crippen LogP contribution in [0.3, 0.4) is 0 Å². The van der Waals surface area contributed by atoms with E-state index in [1.807, 2.05) is 0 Å². The molecule has 1 unspecified atom stereocenters. The van der Waals surface area contributed by atoms with E-state index >= 15 is 0 Å². The predicted octanol–water partition coefficient (Wildman–Crippen LogP) is 3.37. The number of anilines is 1. The first kappa shape index (κ1) is 14.9. The number of carboxylic acids is 1. The van der Waals surface area contributed by atoms with Crippen LogP contribution in [0.1, 0.15) is 19.8 Å². The summed E-state index contributed by atoms with van der Waals surface area (Å²) in [6.45, 7) is 1.51. The Kier molecular flexibility index (Phi) is 4.11. The van der Waals surface area contributed by atoms with Gasteiger partial charge in [-0.3, -0.25) is 0 Å². The van der Waals surface area contributed by atoms with Crippen LogP contribution >= 0.6 is 23.2 Å². The van der Waals surface area contributed by atoms with Crippen molar-refractivity contribution in [2.75, 3.05) is 5.32 Å². The van der Waals surface area contributed by atoms with Crippen molar-refractivity contribution < 1.29 is 14.7 Å². The molecule has 0 heterocycles. The number of carbonyl (C=O) groups is 2. The summed E-state index contributed by atoms with van der Waals surface area (Å²) in [5.74, 6) is -1.09. The highest BCUT2D eigenvalue weighted by molar-refractivity contribution is 6.35. The third-order valence-electron chi connectivity index (χ3n) is 3.39. The van der Waals surface area contributed by atoms with Gasteiger partial charge < -0.3 is 15.7 Å². The molecule has 20 heavy (non-hydrogen) atoms. The molecular weight excluding hydrogens is 303 g/mol. The second kappa shape index (κ2) is 5.50. The van der Waals surface area contributed by atoms with Gasteiger partial charge >= 0.3 is 12.0 Å². The number of amides is 2. The third-order valence-corrected chi connectivity index (χ3v) is 3.95. The number of aliphatic carboxylic acids is 1. The molecule has 0 aromatic heterocycles. The van der Waals surface area contributed by atoms with Crippen molar-refractivity contribution in [3.05, 3.63) is 28.2 Å². The zero-order valence-electron chi connectivity index (χ0n) is 10.7. The normalized spacial score (nSPS) is 17.1. The lowest BCUT2D eigenvalue weighted by atomic mass is 9.96. The molecule has 1 aliphatic rings. The molecule has 2 amide bonds. The Bertz CT molecular complexity index is 561. The Balaban J connectivity index is 2.08. The van der Waals surface area contributed by atoms with Crippen molar-refractivity contribution in [2.24, 2.45) is 5.92 Å². The molecule has 0 spiro atoms. The van der Waals surface area contributed by atoms with Crippen molar-refractivity contribution in [1.29, 1.82) is 0 Å². The molecule has 1 saturated carbocycles. The first-order valence-electron chi connectivity index (χ1n) is 6.10. The molecule has 108 valence electrons. The van der Waals surface area contributed by atoms with Crippen molar-refractivity contribution in [3.63, 3.8) is 0 Å². The van der Waals surface area contributed by atoms with Crippen molar-refractivity contribution in [2.45, 2.75) is 25.3 Å². The van der Waals surface area contributed by atoms with Gasteiger partial charge in [0, 0.05) is 5.02 Å². The minimum Gasteiger partial charge on any atom is -0.480 e. The number of benzene rings is 1. The fourth-order valence-corrected chi connectivity index (χ4v) is 2.31. The van der Waals surface area contributed by atoms with E-state index < -0.39 is 17.5 Å². The van der Waals surface area contributed by atoms with Crippen molar-refractivity contribution in [3.8, 4) is 0 Å². The van der Waals surface area contributed by atoms with Crippen LogP contribution in [0.4, 0.5) is 10.5 Å². The average molecular weight is 317 g/mol. The summed E-state index contributed by atoms with van der Waals surface area (Å²) in [6, 6.07) is 4.03. The second-order valence-corrected chi connectivity index (χ2v) is 5.83.